The van der Waals surface area contributed by atoms with E-state index >= 15 is 0 Å². The number of alkyl halides is 2. The molecule has 1 saturated carbocycles. The van der Waals surface area contributed by atoms with Crippen molar-refractivity contribution in [1.29, 1.82) is 0 Å². The highest BCUT2D eigenvalue weighted by atomic mass is 35.5. The fourth-order valence-corrected chi connectivity index (χ4v) is 2.75. The van der Waals surface area contributed by atoms with Crippen molar-refractivity contribution in [3.05, 3.63) is 23.2 Å². The first-order chi connectivity index (χ1) is 11.5. The lowest BCUT2D eigenvalue weighted by Gasteiger charge is -2.12. The maximum absolute atomic E-state index is 12.1. The van der Waals surface area contributed by atoms with Crippen LogP contribution in [0.15, 0.2) is 18.2 Å². The number of amides is 2. The summed E-state index contributed by atoms with van der Waals surface area (Å²) in [6, 6.07) is 3.67. The van der Waals surface area contributed by atoms with E-state index in [0.29, 0.717) is 24.9 Å². The first kappa shape index (κ1) is 18.7. The predicted molar refractivity (Wildman–Crippen MR) is 87.9 cm³/mol. The number of benzene rings is 1. The maximum atomic E-state index is 12.1. The number of rotatable bonds is 8. The molecule has 0 saturated heterocycles. The summed E-state index contributed by atoms with van der Waals surface area (Å²) in [5.41, 5.74) is 0.390. The molecule has 1 fully saturated rings. The number of urea groups is 1. The first-order valence-corrected chi connectivity index (χ1v) is 8.33. The molecule has 0 aliphatic heterocycles. The van der Waals surface area contributed by atoms with Crippen molar-refractivity contribution < 1.29 is 23.0 Å². The van der Waals surface area contributed by atoms with Gasteiger partial charge in [-0.1, -0.05) is 24.4 Å². The average Bonchev–Trinajstić information content (AvgIpc) is 3.02. The van der Waals surface area contributed by atoms with Gasteiger partial charge in [-0.05, 0) is 37.5 Å². The van der Waals surface area contributed by atoms with E-state index in [1.165, 1.54) is 31.0 Å². The topological polar surface area (TPSA) is 59.6 Å². The van der Waals surface area contributed by atoms with Gasteiger partial charge in [0, 0.05) is 18.8 Å². The van der Waals surface area contributed by atoms with Gasteiger partial charge in [-0.25, -0.2) is 4.79 Å². The molecule has 0 bridgehead atoms. The quantitative estimate of drug-likeness (QED) is 0.673. The second kappa shape index (κ2) is 9.64. The highest BCUT2D eigenvalue weighted by Crippen LogP contribution is 2.28. The SMILES string of the molecule is O=C(NCCCOC1CCCC1)Nc1ccc(OC(F)F)c(Cl)c1. The average molecular weight is 363 g/mol. The van der Waals surface area contributed by atoms with Crippen LogP contribution < -0.4 is 15.4 Å². The van der Waals surface area contributed by atoms with E-state index in [4.69, 9.17) is 16.3 Å². The highest BCUT2D eigenvalue weighted by molar-refractivity contribution is 6.32. The molecule has 2 amide bonds. The van der Waals surface area contributed by atoms with Gasteiger partial charge in [0.15, 0.2) is 0 Å². The molecular formula is C16H21ClF2N2O3. The number of halogens is 3. The fraction of sp³-hybridized carbons (Fsp3) is 0.562. The Morgan fingerprint density at radius 2 is 2.08 bits per heavy atom. The summed E-state index contributed by atoms with van der Waals surface area (Å²) >= 11 is 5.82. The molecule has 1 aliphatic carbocycles. The zero-order chi connectivity index (χ0) is 17.4. The van der Waals surface area contributed by atoms with Crippen LogP contribution in [0.2, 0.25) is 5.02 Å². The van der Waals surface area contributed by atoms with Crippen LogP contribution in [-0.4, -0.2) is 31.9 Å². The first-order valence-electron chi connectivity index (χ1n) is 7.95. The number of anilines is 1. The Morgan fingerprint density at radius 1 is 1.33 bits per heavy atom. The van der Waals surface area contributed by atoms with E-state index in [1.54, 1.807) is 0 Å². The summed E-state index contributed by atoms with van der Waals surface area (Å²) in [6.45, 7) is -1.84. The van der Waals surface area contributed by atoms with E-state index < -0.39 is 12.6 Å². The molecule has 1 aliphatic rings. The van der Waals surface area contributed by atoms with Crippen molar-refractivity contribution >= 4 is 23.3 Å². The molecule has 1 aromatic rings. The normalized spacial score (nSPS) is 14.8. The molecule has 8 heteroatoms. The van der Waals surface area contributed by atoms with Crippen molar-refractivity contribution in [2.75, 3.05) is 18.5 Å². The minimum Gasteiger partial charge on any atom is -0.433 e. The molecule has 134 valence electrons. The van der Waals surface area contributed by atoms with E-state index in [-0.39, 0.29) is 10.8 Å². The van der Waals surface area contributed by atoms with Gasteiger partial charge < -0.3 is 20.1 Å². The van der Waals surface area contributed by atoms with Crippen LogP contribution in [0.4, 0.5) is 19.3 Å². The van der Waals surface area contributed by atoms with Gasteiger partial charge in [0.2, 0.25) is 0 Å². The van der Waals surface area contributed by atoms with Gasteiger partial charge in [0.05, 0.1) is 11.1 Å². The molecule has 2 N–H and O–H groups in total. The monoisotopic (exact) mass is 362 g/mol. The Labute approximate surface area is 144 Å². The zero-order valence-electron chi connectivity index (χ0n) is 13.2. The van der Waals surface area contributed by atoms with E-state index in [9.17, 15) is 13.6 Å². The number of hydrogen-bond acceptors (Lipinski definition) is 3. The van der Waals surface area contributed by atoms with Crippen molar-refractivity contribution in [2.24, 2.45) is 0 Å². The third kappa shape index (κ3) is 6.49. The smallest absolute Gasteiger partial charge is 0.387 e. The molecule has 1 aromatic carbocycles. The molecule has 5 nitrogen and oxygen atoms in total. The van der Waals surface area contributed by atoms with Crippen LogP contribution in [0.25, 0.3) is 0 Å². The number of hydrogen-bond donors (Lipinski definition) is 2. The Morgan fingerprint density at radius 3 is 2.75 bits per heavy atom. The Bertz CT molecular complexity index is 540. The van der Waals surface area contributed by atoms with Crippen LogP contribution in [0, 0.1) is 0 Å². The van der Waals surface area contributed by atoms with Crippen molar-refractivity contribution in [1.82, 2.24) is 5.32 Å². The Balaban J connectivity index is 1.65. The lowest BCUT2D eigenvalue weighted by molar-refractivity contribution is -0.0497. The zero-order valence-corrected chi connectivity index (χ0v) is 14.0. The van der Waals surface area contributed by atoms with Gasteiger partial charge in [-0.15, -0.1) is 0 Å². The third-order valence-electron chi connectivity index (χ3n) is 3.67. The van der Waals surface area contributed by atoms with E-state index in [1.807, 2.05) is 0 Å². The van der Waals surface area contributed by atoms with Gasteiger partial charge >= 0.3 is 12.6 Å². The summed E-state index contributed by atoms with van der Waals surface area (Å²) in [7, 11) is 0. The summed E-state index contributed by atoms with van der Waals surface area (Å²) in [6.07, 6.45) is 5.81. The van der Waals surface area contributed by atoms with Crippen LogP contribution in [0.1, 0.15) is 32.1 Å². The van der Waals surface area contributed by atoms with Crippen LogP contribution in [0.3, 0.4) is 0 Å². The minimum atomic E-state index is -2.95. The molecule has 2 rings (SSSR count). The Kier molecular flexibility index (Phi) is 7.52. The predicted octanol–water partition coefficient (Wildman–Crippen LogP) is 4.41. The molecule has 0 radical (unpaired) electrons. The third-order valence-corrected chi connectivity index (χ3v) is 3.96. The number of carbonyl (C=O) groups is 1. The molecule has 0 aromatic heterocycles. The summed E-state index contributed by atoms with van der Waals surface area (Å²) < 4.78 is 34.2. The number of nitrogens with one attached hydrogen (secondary N) is 2. The molecule has 0 spiro atoms. The van der Waals surface area contributed by atoms with E-state index in [2.05, 4.69) is 15.4 Å². The van der Waals surface area contributed by atoms with Crippen molar-refractivity contribution in [2.45, 2.75) is 44.8 Å². The van der Waals surface area contributed by atoms with Crippen molar-refractivity contribution in [3.8, 4) is 5.75 Å². The van der Waals surface area contributed by atoms with Crippen LogP contribution in [0.5, 0.6) is 5.75 Å². The molecule has 24 heavy (non-hydrogen) atoms. The second-order valence-electron chi connectivity index (χ2n) is 5.54. The number of carbonyl (C=O) groups excluding carboxylic acids is 1. The van der Waals surface area contributed by atoms with E-state index in [0.717, 1.165) is 19.3 Å². The lowest BCUT2D eigenvalue weighted by atomic mass is 10.3. The standard InChI is InChI=1S/C16H21ClF2N2O3/c17-13-10-11(6-7-14(13)24-15(18)19)21-16(22)20-8-3-9-23-12-4-1-2-5-12/h6-7,10,12,15H,1-5,8-9H2,(H2,20,21,22). The van der Waals surface area contributed by atoms with Gasteiger partial charge in [-0.2, -0.15) is 8.78 Å². The number of ether oxygens (including phenoxy) is 2. The Hall–Kier alpha value is -1.60. The van der Waals surface area contributed by atoms with Crippen LogP contribution in [-0.2, 0) is 4.74 Å². The van der Waals surface area contributed by atoms with Gasteiger partial charge in [-0.3, -0.25) is 0 Å². The summed E-state index contributed by atoms with van der Waals surface area (Å²) in [4.78, 5) is 11.7. The largest absolute Gasteiger partial charge is 0.433 e. The highest BCUT2D eigenvalue weighted by Gasteiger charge is 2.14. The minimum absolute atomic E-state index is 0.00179. The van der Waals surface area contributed by atoms with Gasteiger partial charge in [0.1, 0.15) is 5.75 Å². The van der Waals surface area contributed by atoms with Gasteiger partial charge in [0.25, 0.3) is 0 Å². The molecule has 0 atom stereocenters. The maximum Gasteiger partial charge on any atom is 0.387 e. The fourth-order valence-electron chi connectivity index (χ4n) is 2.52. The second-order valence-corrected chi connectivity index (χ2v) is 5.94. The molecular weight excluding hydrogens is 342 g/mol. The van der Waals surface area contributed by atoms with Crippen LogP contribution >= 0.6 is 11.6 Å². The molecule has 0 unspecified atom stereocenters. The summed E-state index contributed by atoms with van der Waals surface area (Å²) in [5.74, 6) is -0.137. The molecule has 0 heterocycles. The van der Waals surface area contributed by atoms with Crippen molar-refractivity contribution in [3.63, 3.8) is 0 Å². The lowest BCUT2D eigenvalue weighted by Crippen LogP contribution is -2.30. The summed E-state index contributed by atoms with van der Waals surface area (Å²) in [5, 5.41) is 5.27.